The zero-order valence-corrected chi connectivity index (χ0v) is 16.5. The van der Waals surface area contributed by atoms with Crippen LogP contribution in [0.4, 0.5) is 5.69 Å². The van der Waals surface area contributed by atoms with Crippen LogP contribution in [0.3, 0.4) is 0 Å². The van der Waals surface area contributed by atoms with Gasteiger partial charge in [-0.1, -0.05) is 13.0 Å². The molecule has 7 heteroatoms. The third kappa shape index (κ3) is 4.35. The maximum atomic E-state index is 12.8. The van der Waals surface area contributed by atoms with Crippen LogP contribution in [0.1, 0.15) is 27.6 Å². The van der Waals surface area contributed by atoms with Crippen molar-refractivity contribution in [2.45, 2.75) is 6.92 Å². The van der Waals surface area contributed by atoms with Crippen LogP contribution in [0, 0.1) is 0 Å². The number of anilines is 1. The first-order chi connectivity index (χ1) is 14.1. The molecule has 1 fully saturated rings. The first-order valence-electron chi connectivity index (χ1n) is 9.97. The van der Waals surface area contributed by atoms with Crippen LogP contribution >= 0.6 is 0 Å². The molecule has 4 rings (SSSR count). The van der Waals surface area contributed by atoms with Gasteiger partial charge in [0.2, 0.25) is 0 Å². The summed E-state index contributed by atoms with van der Waals surface area (Å²) in [5, 5.41) is 2.86. The van der Waals surface area contributed by atoms with Crippen molar-refractivity contribution < 1.29 is 19.1 Å². The third-order valence-corrected chi connectivity index (χ3v) is 5.28. The van der Waals surface area contributed by atoms with Gasteiger partial charge in [-0.2, -0.15) is 0 Å². The summed E-state index contributed by atoms with van der Waals surface area (Å²) in [6.45, 7) is 7.31. The van der Waals surface area contributed by atoms with E-state index in [1.165, 1.54) is 0 Å². The predicted octanol–water partition coefficient (Wildman–Crippen LogP) is 2.49. The Morgan fingerprint density at radius 2 is 1.66 bits per heavy atom. The lowest BCUT2D eigenvalue weighted by atomic mass is 10.1. The number of carbonyl (C=O) groups is 2. The first kappa shape index (κ1) is 19.3. The van der Waals surface area contributed by atoms with Crippen molar-refractivity contribution in [3.8, 4) is 11.5 Å². The van der Waals surface area contributed by atoms with Crippen LogP contribution in [0.2, 0.25) is 0 Å². The van der Waals surface area contributed by atoms with Crippen molar-refractivity contribution in [3.63, 3.8) is 0 Å². The predicted molar refractivity (Wildman–Crippen MR) is 110 cm³/mol. The summed E-state index contributed by atoms with van der Waals surface area (Å²) in [6.07, 6.45) is 0. The Labute approximate surface area is 170 Å². The first-order valence-corrected chi connectivity index (χ1v) is 9.97. The highest BCUT2D eigenvalue weighted by atomic mass is 16.6. The van der Waals surface area contributed by atoms with Crippen LogP contribution in [0.25, 0.3) is 0 Å². The molecular weight excluding hydrogens is 370 g/mol. The van der Waals surface area contributed by atoms with Crippen LogP contribution in [-0.4, -0.2) is 67.6 Å². The van der Waals surface area contributed by atoms with Gasteiger partial charge in [0.15, 0.2) is 11.5 Å². The van der Waals surface area contributed by atoms with E-state index in [2.05, 4.69) is 17.1 Å². The smallest absolute Gasteiger partial charge is 0.255 e. The molecule has 2 amide bonds. The number of rotatable bonds is 4. The number of piperazine rings is 1. The van der Waals surface area contributed by atoms with Gasteiger partial charge in [0.05, 0.1) is 0 Å². The summed E-state index contributed by atoms with van der Waals surface area (Å²) in [5.41, 5.74) is 1.59. The lowest BCUT2D eigenvalue weighted by molar-refractivity contribution is 0.0643. The zero-order valence-electron chi connectivity index (χ0n) is 16.5. The summed E-state index contributed by atoms with van der Waals surface area (Å²) >= 11 is 0. The monoisotopic (exact) mass is 395 g/mol. The molecule has 0 spiro atoms. The Bertz CT molecular complexity index is 907. The van der Waals surface area contributed by atoms with Gasteiger partial charge in [-0.15, -0.1) is 0 Å². The maximum Gasteiger partial charge on any atom is 0.255 e. The van der Waals surface area contributed by atoms with Gasteiger partial charge in [-0.05, 0) is 36.9 Å². The number of hydrogen-bond donors (Lipinski definition) is 1. The molecule has 2 aromatic rings. The number of nitrogens with one attached hydrogen (secondary N) is 1. The maximum absolute atomic E-state index is 12.8. The summed E-state index contributed by atoms with van der Waals surface area (Å²) in [6, 6.07) is 12.2. The number of hydrogen-bond acceptors (Lipinski definition) is 5. The largest absolute Gasteiger partial charge is 0.486 e. The molecule has 29 heavy (non-hydrogen) atoms. The highest BCUT2D eigenvalue weighted by Gasteiger charge is 2.22. The van der Waals surface area contributed by atoms with Crippen molar-refractivity contribution >= 4 is 17.5 Å². The number of fused-ring (bicyclic) bond motifs is 1. The number of benzene rings is 2. The van der Waals surface area contributed by atoms with Crippen molar-refractivity contribution in [1.82, 2.24) is 9.80 Å². The molecule has 0 aromatic heterocycles. The number of amides is 2. The van der Waals surface area contributed by atoms with Crippen LogP contribution in [-0.2, 0) is 0 Å². The van der Waals surface area contributed by atoms with Crippen molar-refractivity contribution in [1.29, 1.82) is 0 Å². The molecule has 0 unspecified atom stereocenters. The summed E-state index contributed by atoms with van der Waals surface area (Å²) in [7, 11) is 0. The lowest BCUT2D eigenvalue weighted by Gasteiger charge is -2.34. The van der Waals surface area contributed by atoms with E-state index in [4.69, 9.17) is 9.47 Å². The summed E-state index contributed by atoms with van der Waals surface area (Å²) in [4.78, 5) is 29.7. The average molecular weight is 395 g/mol. The van der Waals surface area contributed by atoms with Crippen LogP contribution in [0.15, 0.2) is 42.5 Å². The number of nitrogens with zero attached hydrogens (tertiary/aromatic N) is 2. The average Bonchev–Trinajstić information content (AvgIpc) is 2.78. The van der Waals surface area contributed by atoms with Crippen LogP contribution in [0.5, 0.6) is 11.5 Å². The normalized spacial score (nSPS) is 16.4. The third-order valence-electron chi connectivity index (χ3n) is 5.28. The van der Waals surface area contributed by atoms with E-state index in [-0.39, 0.29) is 11.8 Å². The van der Waals surface area contributed by atoms with Gasteiger partial charge in [0, 0.05) is 49.1 Å². The van der Waals surface area contributed by atoms with E-state index >= 15 is 0 Å². The van der Waals surface area contributed by atoms with Gasteiger partial charge < -0.3 is 24.6 Å². The molecule has 2 aliphatic rings. The fourth-order valence-corrected chi connectivity index (χ4v) is 3.57. The topological polar surface area (TPSA) is 71.1 Å². The molecule has 2 aromatic carbocycles. The van der Waals surface area contributed by atoms with Gasteiger partial charge in [0.25, 0.3) is 11.8 Å². The highest BCUT2D eigenvalue weighted by molar-refractivity contribution is 6.06. The van der Waals surface area contributed by atoms with Crippen LogP contribution < -0.4 is 14.8 Å². The summed E-state index contributed by atoms with van der Waals surface area (Å²) < 4.78 is 11.1. The van der Waals surface area contributed by atoms with Crippen molar-refractivity contribution in [2.75, 3.05) is 51.3 Å². The van der Waals surface area contributed by atoms with E-state index in [0.29, 0.717) is 54.6 Å². The zero-order chi connectivity index (χ0) is 20.2. The minimum atomic E-state index is -0.271. The molecule has 2 aliphatic heterocycles. The fourth-order valence-electron chi connectivity index (χ4n) is 3.57. The Kier molecular flexibility index (Phi) is 5.67. The van der Waals surface area contributed by atoms with Crippen molar-refractivity contribution in [3.05, 3.63) is 53.6 Å². The Hall–Kier alpha value is -3.06. The molecule has 0 atom stereocenters. The quantitative estimate of drug-likeness (QED) is 0.861. The van der Waals surface area contributed by atoms with Crippen molar-refractivity contribution in [2.24, 2.45) is 0 Å². The number of likely N-dealkylation sites (N-methyl/N-ethyl adjacent to an activating group) is 1. The Morgan fingerprint density at radius 3 is 2.41 bits per heavy atom. The fraction of sp³-hybridized carbons (Fsp3) is 0.364. The molecule has 7 nitrogen and oxygen atoms in total. The van der Waals surface area contributed by atoms with E-state index < -0.39 is 0 Å². The Morgan fingerprint density at radius 1 is 0.931 bits per heavy atom. The van der Waals surface area contributed by atoms with E-state index in [1.807, 2.05) is 4.90 Å². The Balaban J connectivity index is 1.44. The van der Waals surface area contributed by atoms with Gasteiger partial charge in [0.1, 0.15) is 13.2 Å². The molecule has 152 valence electrons. The molecule has 1 saturated heterocycles. The van der Waals surface area contributed by atoms with Gasteiger partial charge >= 0.3 is 0 Å². The molecule has 0 bridgehead atoms. The number of ether oxygens (including phenoxy) is 2. The lowest BCUT2D eigenvalue weighted by Crippen LogP contribution is -2.48. The molecule has 0 saturated carbocycles. The molecule has 0 radical (unpaired) electrons. The second kappa shape index (κ2) is 8.53. The summed E-state index contributed by atoms with van der Waals surface area (Å²) in [5.74, 6) is 0.982. The molecule has 2 heterocycles. The second-order valence-corrected chi connectivity index (χ2v) is 7.12. The standard InChI is InChI=1S/C22H25N3O4/c1-2-24-8-10-25(11-9-24)22(27)17-5-3-4-16(14-17)21(26)23-18-6-7-19-20(15-18)29-13-12-28-19/h3-7,14-15H,2,8-13H2,1H3,(H,23,26). The minimum absolute atomic E-state index is 0.0327. The SMILES string of the molecule is CCN1CCN(C(=O)c2cccc(C(=O)Nc3ccc4c(c3)OCCO4)c2)CC1. The van der Waals surface area contributed by atoms with Gasteiger partial charge in [-0.25, -0.2) is 0 Å². The number of carbonyl (C=O) groups excluding carboxylic acids is 2. The molecular formula is C22H25N3O4. The van der Waals surface area contributed by atoms with E-state index in [0.717, 1.165) is 19.6 Å². The minimum Gasteiger partial charge on any atom is -0.486 e. The van der Waals surface area contributed by atoms with E-state index in [9.17, 15) is 9.59 Å². The molecule has 1 N–H and O–H groups in total. The second-order valence-electron chi connectivity index (χ2n) is 7.12. The van der Waals surface area contributed by atoms with Gasteiger partial charge in [-0.3, -0.25) is 9.59 Å². The molecule has 0 aliphatic carbocycles. The van der Waals surface area contributed by atoms with E-state index in [1.54, 1.807) is 42.5 Å². The highest BCUT2D eigenvalue weighted by Crippen LogP contribution is 2.32.